The number of hydrogen-bond acceptors (Lipinski definition) is 4. The normalized spacial score (nSPS) is 24.4. The second-order valence-corrected chi connectivity index (χ2v) is 11.2. The summed E-state index contributed by atoms with van der Waals surface area (Å²) in [6.45, 7) is 15.5. The van der Waals surface area contributed by atoms with E-state index in [0.717, 1.165) is 51.9 Å². The second kappa shape index (κ2) is 8.30. The van der Waals surface area contributed by atoms with E-state index in [-0.39, 0.29) is 16.9 Å². The topological polar surface area (TPSA) is 50.7 Å². The highest BCUT2D eigenvalue weighted by molar-refractivity contribution is 5.29. The highest BCUT2D eigenvalue weighted by Gasteiger charge is 2.46. The van der Waals surface area contributed by atoms with Crippen LogP contribution in [-0.4, -0.2) is 36.3 Å². The average Bonchev–Trinajstić information content (AvgIpc) is 2.66. The molecule has 1 spiro atoms. The van der Waals surface area contributed by atoms with Crippen molar-refractivity contribution in [2.45, 2.75) is 96.5 Å². The summed E-state index contributed by atoms with van der Waals surface area (Å²) in [7, 11) is 0. The largest absolute Gasteiger partial charge is 0.390 e. The molecule has 1 aliphatic heterocycles. The standard InChI is InChI=1S/C25H41NO3/c1-19(20-7-9-21(10-8-20)22(2,3)4)26-16-15-24(27)11-13-25(14-12-24)28-17-23(5,6)18-29-25/h7-10,19,26-27H,11-18H2,1-6H3. The molecular weight excluding hydrogens is 362 g/mol. The van der Waals surface area contributed by atoms with Gasteiger partial charge in [-0.15, -0.1) is 0 Å². The van der Waals surface area contributed by atoms with E-state index in [4.69, 9.17) is 9.47 Å². The number of rotatable bonds is 5. The maximum absolute atomic E-state index is 11.0. The Morgan fingerprint density at radius 1 is 1.00 bits per heavy atom. The number of aliphatic hydroxyl groups is 1. The SMILES string of the molecule is CC(NCCC1(O)CCC2(CC1)OCC(C)(C)CO2)c1ccc(C(C)(C)C)cc1. The van der Waals surface area contributed by atoms with Crippen LogP contribution in [-0.2, 0) is 14.9 Å². The summed E-state index contributed by atoms with van der Waals surface area (Å²) in [6, 6.07) is 9.17. The molecule has 0 bridgehead atoms. The molecule has 1 saturated heterocycles. The summed E-state index contributed by atoms with van der Waals surface area (Å²) in [5.74, 6) is -0.461. The summed E-state index contributed by atoms with van der Waals surface area (Å²) in [5.41, 5.74) is 2.30. The quantitative estimate of drug-likeness (QED) is 0.718. The molecule has 2 aliphatic rings. The van der Waals surface area contributed by atoms with Gasteiger partial charge in [-0.05, 0) is 49.3 Å². The van der Waals surface area contributed by atoms with Crippen LogP contribution in [0.25, 0.3) is 0 Å². The molecule has 4 heteroatoms. The second-order valence-electron chi connectivity index (χ2n) is 11.2. The molecule has 1 heterocycles. The van der Waals surface area contributed by atoms with Crippen LogP contribution in [0.3, 0.4) is 0 Å². The molecular formula is C25H41NO3. The maximum Gasteiger partial charge on any atom is 0.168 e. The molecule has 29 heavy (non-hydrogen) atoms. The third kappa shape index (κ3) is 5.81. The number of ether oxygens (including phenoxy) is 2. The van der Waals surface area contributed by atoms with Crippen molar-refractivity contribution in [3.63, 3.8) is 0 Å². The third-order valence-corrected chi connectivity index (χ3v) is 6.71. The number of benzene rings is 1. The molecule has 2 fully saturated rings. The Balaban J connectivity index is 1.44. The van der Waals surface area contributed by atoms with Gasteiger partial charge < -0.3 is 19.9 Å². The van der Waals surface area contributed by atoms with Crippen LogP contribution in [0.5, 0.6) is 0 Å². The zero-order valence-electron chi connectivity index (χ0n) is 19.3. The first-order valence-corrected chi connectivity index (χ1v) is 11.3. The summed E-state index contributed by atoms with van der Waals surface area (Å²) in [6.07, 6.45) is 3.80. The molecule has 164 valence electrons. The van der Waals surface area contributed by atoms with Gasteiger partial charge in [-0.3, -0.25) is 0 Å². The van der Waals surface area contributed by atoms with E-state index < -0.39 is 11.4 Å². The van der Waals surface area contributed by atoms with Crippen molar-refractivity contribution in [3.8, 4) is 0 Å². The summed E-state index contributed by atoms with van der Waals surface area (Å²) >= 11 is 0. The van der Waals surface area contributed by atoms with E-state index in [9.17, 15) is 5.11 Å². The molecule has 1 aromatic rings. The summed E-state index contributed by atoms with van der Waals surface area (Å²) in [5, 5.41) is 14.6. The molecule has 1 saturated carbocycles. The zero-order chi connectivity index (χ0) is 21.3. The van der Waals surface area contributed by atoms with Gasteiger partial charge in [0.25, 0.3) is 0 Å². The lowest BCUT2D eigenvalue weighted by atomic mass is 9.78. The Kier molecular flexibility index (Phi) is 6.51. The van der Waals surface area contributed by atoms with Crippen molar-refractivity contribution in [3.05, 3.63) is 35.4 Å². The van der Waals surface area contributed by atoms with Crippen molar-refractivity contribution in [1.82, 2.24) is 5.32 Å². The molecule has 0 amide bonds. The lowest BCUT2D eigenvalue weighted by Gasteiger charge is -2.48. The zero-order valence-corrected chi connectivity index (χ0v) is 19.3. The van der Waals surface area contributed by atoms with Gasteiger partial charge in [0, 0.05) is 24.3 Å². The fourth-order valence-electron chi connectivity index (χ4n) is 4.28. The minimum Gasteiger partial charge on any atom is -0.390 e. The smallest absolute Gasteiger partial charge is 0.168 e. The van der Waals surface area contributed by atoms with E-state index in [1.165, 1.54) is 11.1 Å². The van der Waals surface area contributed by atoms with Gasteiger partial charge in [0.2, 0.25) is 0 Å². The molecule has 1 unspecified atom stereocenters. The Morgan fingerprint density at radius 2 is 1.55 bits per heavy atom. The van der Waals surface area contributed by atoms with Gasteiger partial charge in [-0.1, -0.05) is 58.9 Å². The maximum atomic E-state index is 11.0. The number of hydrogen-bond donors (Lipinski definition) is 2. The van der Waals surface area contributed by atoms with Gasteiger partial charge in [0.05, 0.1) is 18.8 Å². The van der Waals surface area contributed by atoms with Gasteiger partial charge in [0.15, 0.2) is 5.79 Å². The highest BCUT2D eigenvalue weighted by Crippen LogP contribution is 2.43. The first kappa shape index (κ1) is 22.7. The molecule has 4 nitrogen and oxygen atoms in total. The van der Waals surface area contributed by atoms with Crippen molar-refractivity contribution >= 4 is 0 Å². The van der Waals surface area contributed by atoms with Gasteiger partial charge in [-0.2, -0.15) is 0 Å². The van der Waals surface area contributed by atoms with E-state index in [2.05, 4.69) is 71.1 Å². The van der Waals surface area contributed by atoms with Crippen LogP contribution in [0.2, 0.25) is 0 Å². The van der Waals surface area contributed by atoms with Crippen LogP contribution in [0.15, 0.2) is 24.3 Å². The summed E-state index contributed by atoms with van der Waals surface area (Å²) < 4.78 is 12.2. The molecule has 1 aliphatic carbocycles. The van der Waals surface area contributed by atoms with Crippen LogP contribution >= 0.6 is 0 Å². The predicted octanol–water partition coefficient (Wildman–Crippen LogP) is 5.10. The minimum atomic E-state index is -0.617. The molecule has 0 radical (unpaired) electrons. The van der Waals surface area contributed by atoms with Gasteiger partial charge in [0.1, 0.15) is 0 Å². The van der Waals surface area contributed by atoms with Crippen LogP contribution in [0.4, 0.5) is 0 Å². The fourth-order valence-corrected chi connectivity index (χ4v) is 4.28. The number of nitrogens with one attached hydrogen (secondary N) is 1. The Bertz CT molecular complexity index is 654. The van der Waals surface area contributed by atoms with Crippen LogP contribution < -0.4 is 5.32 Å². The van der Waals surface area contributed by atoms with E-state index in [0.29, 0.717) is 0 Å². The van der Waals surface area contributed by atoms with Crippen molar-refractivity contribution in [2.75, 3.05) is 19.8 Å². The monoisotopic (exact) mass is 403 g/mol. The van der Waals surface area contributed by atoms with Gasteiger partial charge >= 0.3 is 0 Å². The highest BCUT2D eigenvalue weighted by atomic mass is 16.7. The average molecular weight is 404 g/mol. The van der Waals surface area contributed by atoms with E-state index in [1.807, 2.05) is 0 Å². The Labute approximate surface area is 177 Å². The lowest BCUT2D eigenvalue weighted by Crippen LogP contribution is -2.52. The summed E-state index contributed by atoms with van der Waals surface area (Å²) in [4.78, 5) is 0. The molecule has 3 rings (SSSR count). The van der Waals surface area contributed by atoms with Gasteiger partial charge in [-0.25, -0.2) is 0 Å². The predicted molar refractivity (Wildman–Crippen MR) is 118 cm³/mol. The van der Waals surface area contributed by atoms with E-state index >= 15 is 0 Å². The molecule has 2 N–H and O–H groups in total. The lowest BCUT2D eigenvalue weighted by molar-refractivity contribution is -0.319. The van der Waals surface area contributed by atoms with Crippen molar-refractivity contribution in [2.24, 2.45) is 5.41 Å². The first-order valence-electron chi connectivity index (χ1n) is 11.3. The fraction of sp³-hybridized carbons (Fsp3) is 0.760. The third-order valence-electron chi connectivity index (χ3n) is 6.71. The van der Waals surface area contributed by atoms with E-state index in [1.54, 1.807) is 0 Å². The van der Waals surface area contributed by atoms with Crippen LogP contribution in [0.1, 0.15) is 90.8 Å². The molecule has 1 aromatic carbocycles. The Morgan fingerprint density at radius 3 is 2.07 bits per heavy atom. The van der Waals surface area contributed by atoms with Crippen LogP contribution in [0, 0.1) is 5.41 Å². The Hall–Kier alpha value is -0.940. The molecule has 1 atom stereocenters. The minimum absolute atomic E-state index is 0.0874. The van der Waals surface area contributed by atoms with Crippen molar-refractivity contribution < 1.29 is 14.6 Å². The van der Waals surface area contributed by atoms with Crippen molar-refractivity contribution in [1.29, 1.82) is 0 Å². The molecule has 0 aromatic heterocycles. The first-order chi connectivity index (χ1) is 13.4.